The van der Waals surface area contributed by atoms with Gasteiger partial charge in [0.15, 0.2) is 5.69 Å². The van der Waals surface area contributed by atoms with Crippen LogP contribution in [0.15, 0.2) is 23.0 Å². The van der Waals surface area contributed by atoms with Gasteiger partial charge in [0, 0.05) is 20.1 Å². The number of fused-ring (bicyclic) bond motifs is 1. The molecule has 0 aliphatic carbocycles. The zero-order chi connectivity index (χ0) is 20.5. The van der Waals surface area contributed by atoms with Gasteiger partial charge >= 0.3 is 0 Å². The molecule has 3 rings (SSSR count). The van der Waals surface area contributed by atoms with Gasteiger partial charge in [-0.05, 0) is 43.9 Å². The molecule has 1 aliphatic heterocycles. The molecule has 2 heterocycles. The maximum Gasteiger partial charge on any atom is 0.296 e. The number of benzene rings is 1. The van der Waals surface area contributed by atoms with E-state index in [-0.39, 0.29) is 24.6 Å². The van der Waals surface area contributed by atoms with Gasteiger partial charge < -0.3 is 15.2 Å². The van der Waals surface area contributed by atoms with Crippen LogP contribution >= 0.6 is 0 Å². The summed E-state index contributed by atoms with van der Waals surface area (Å²) in [5, 5.41) is 12.9. The van der Waals surface area contributed by atoms with Crippen molar-refractivity contribution in [1.82, 2.24) is 14.9 Å². The molecule has 0 bridgehead atoms. The number of carbonyl (C=O) groups excluding carboxylic acids is 1. The molecule has 0 radical (unpaired) electrons. The fourth-order valence-electron chi connectivity index (χ4n) is 3.38. The van der Waals surface area contributed by atoms with Gasteiger partial charge in [0.05, 0.1) is 12.1 Å². The van der Waals surface area contributed by atoms with Crippen LogP contribution in [0.5, 0.6) is 5.75 Å². The Hall–Kier alpha value is -2.74. The van der Waals surface area contributed by atoms with E-state index in [9.17, 15) is 19.1 Å². The predicted molar refractivity (Wildman–Crippen MR) is 101 cm³/mol. The van der Waals surface area contributed by atoms with Crippen molar-refractivity contribution in [2.45, 2.75) is 51.8 Å². The van der Waals surface area contributed by atoms with E-state index in [1.807, 2.05) is 6.92 Å². The maximum absolute atomic E-state index is 13.4. The first kappa shape index (κ1) is 20.0. The summed E-state index contributed by atoms with van der Waals surface area (Å²) in [6.07, 6.45) is 1.99. The van der Waals surface area contributed by atoms with Crippen molar-refractivity contribution in [2.24, 2.45) is 0 Å². The normalized spacial score (nSPS) is 19.0. The highest BCUT2D eigenvalue weighted by molar-refractivity contribution is 5.94. The first-order chi connectivity index (χ1) is 13.2. The van der Waals surface area contributed by atoms with Crippen LogP contribution in [0.1, 0.15) is 47.2 Å². The molecule has 1 aromatic carbocycles. The van der Waals surface area contributed by atoms with Crippen molar-refractivity contribution >= 4 is 5.91 Å². The molecule has 8 heteroatoms. The Morgan fingerprint density at radius 2 is 2.21 bits per heavy atom. The van der Waals surface area contributed by atoms with Gasteiger partial charge in [0.1, 0.15) is 11.6 Å². The lowest BCUT2D eigenvalue weighted by Crippen LogP contribution is -2.38. The van der Waals surface area contributed by atoms with Crippen molar-refractivity contribution in [2.75, 3.05) is 7.11 Å². The van der Waals surface area contributed by atoms with Crippen molar-refractivity contribution in [3.8, 4) is 5.75 Å². The molecule has 7 nitrogen and oxygen atoms in total. The maximum atomic E-state index is 13.4. The minimum Gasteiger partial charge on any atom is -0.501 e. The molecule has 1 amide bonds. The summed E-state index contributed by atoms with van der Waals surface area (Å²) in [4.78, 5) is 29.4. The number of hydrogen-bond acceptors (Lipinski definition) is 5. The van der Waals surface area contributed by atoms with Crippen LogP contribution in [-0.2, 0) is 24.2 Å². The number of hydrogen-bond donors (Lipinski definition) is 2. The zero-order valence-electron chi connectivity index (χ0n) is 16.2. The average Bonchev–Trinajstić information content (AvgIpc) is 2.84. The number of ether oxygens (including phenoxy) is 1. The molecule has 2 N–H and O–H groups in total. The van der Waals surface area contributed by atoms with E-state index in [1.54, 1.807) is 26.2 Å². The van der Waals surface area contributed by atoms with Crippen LogP contribution in [0, 0.1) is 12.7 Å². The van der Waals surface area contributed by atoms with Crippen LogP contribution in [0.3, 0.4) is 0 Å². The molecule has 150 valence electrons. The molecule has 0 saturated heterocycles. The van der Waals surface area contributed by atoms with Crippen LogP contribution in [-0.4, -0.2) is 33.3 Å². The second-order valence-electron chi connectivity index (χ2n) is 7.39. The molecule has 1 aromatic heterocycles. The Bertz CT molecular complexity index is 973. The van der Waals surface area contributed by atoms with Crippen molar-refractivity contribution < 1.29 is 19.0 Å². The SMILES string of the molecule is CO[C@@]1(C)CCCc2nc(C(=O)NCc3ccc(F)c(C)c3)c(O)c(=O)n2C1. The van der Waals surface area contributed by atoms with Gasteiger partial charge in [-0.1, -0.05) is 12.1 Å². The van der Waals surface area contributed by atoms with E-state index < -0.39 is 22.8 Å². The molecule has 0 unspecified atom stereocenters. The lowest BCUT2D eigenvalue weighted by Gasteiger charge is -2.27. The van der Waals surface area contributed by atoms with Crippen molar-refractivity contribution in [3.05, 3.63) is 57.0 Å². The molecule has 2 aromatic rings. The van der Waals surface area contributed by atoms with Crippen LogP contribution in [0.4, 0.5) is 4.39 Å². The summed E-state index contributed by atoms with van der Waals surface area (Å²) >= 11 is 0. The van der Waals surface area contributed by atoms with Crippen LogP contribution in [0.25, 0.3) is 0 Å². The summed E-state index contributed by atoms with van der Waals surface area (Å²) in [5.74, 6) is -1.21. The van der Waals surface area contributed by atoms with Gasteiger partial charge in [-0.2, -0.15) is 0 Å². The predicted octanol–water partition coefficient (Wildman–Crippen LogP) is 2.07. The minimum atomic E-state index is -0.683. The van der Waals surface area contributed by atoms with E-state index >= 15 is 0 Å². The zero-order valence-corrected chi connectivity index (χ0v) is 16.2. The monoisotopic (exact) mass is 389 g/mol. The summed E-state index contributed by atoms with van der Waals surface area (Å²) < 4.78 is 20.3. The second kappa shape index (κ2) is 7.71. The fourth-order valence-corrected chi connectivity index (χ4v) is 3.38. The average molecular weight is 389 g/mol. The quantitative estimate of drug-likeness (QED) is 0.835. The minimum absolute atomic E-state index is 0.126. The first-order valence-electron chi connectivity index (χ1n) is 9.15. The molecule has 0 saturated carbocycles. The van der Waals surface area contributed by atoms with E-state index in [0.29, 0.717) is 23.4 Å². The van der Waals surface area contributed by atoms with Crippen molar-refractivity contribution in [1.29, 1.82) is 0 Å². The third-order valence-electron chi connectivity index (χ3n) is 5.21. The number of nitrogens with zero attached hydrogens (tertiary/aromatic N) is 2. The van der Waals surface area contributed by atoms with Gasteiger partial charge in [-0.15, -0.1) is 0 Å². The Labute approximate surface area is 162 Å². The molecular weight excluding hydrogens is 365 g/mol. The van der Waals surface area contributed by atoms with Gasteiger partial charge in [0.25, 0.3) is 11.5 Å². The molecule has 28 heavy (non-hydrogen) atoms. The number of rotatable bonds is 4. The number of aryl methyl sites for hydroxylation is 2. The molecule has 0 fully saturated rings. The number of carbonyl (C=O) groups is 1. The Morgan fingerprint density at radius 1 is 1.46 bits per heavy atom. The third-order valence-corrected chi connectivity index (χ3v) is 5.21. The van der Waals surface area contributed by atoms with Gasteiger partial charge in [0.2, 0.25) is 5.75 Å². The summed E-state index contributed by atoms with van der Waals surface area (Å²) in [5.41, 5.74) is -0.312. The number of nitrogens with one attached hydrogen (secondary N) is 1. The third kappa shape index (κ3) is 3.91. The Morgan fingerprint density at radius 3 is 2.89 bits per heavy atom. The van der Waals surface area contributed by atoms with E-state index in [1.165, 1.54) is 10.6 Å². The second-order valence-corrected chi connectivity index (χ2v) is 7.39. The Kier molecular flexibility index (Phi) is 5.51. The lowest BCUT2D eigenvalue weighted by molar-refractivity contribution is -0.0140. The van der Waals surface area contributed by atoms with Crippen LogP contribution < -0.4 is 10.9 Å². The molecule has 0 spiro atoms. The summed E-state index contributed by atoms with van der Waals surface area (Å²) in [6, 6.07) is 4.52. The highest BCUT2D eigenvalue weighted by atomic mass is 19.1. The highest BCUT2D eigenvalue weighted by Gasteiger charge is 2.31. The molecule has 1 aliphatic rings. The summed E-state index contributed by atoms with van der Waals surface area (Å²) in [6.45, 7) is 3.92. The van der Waals surface area contributed by atoms with Gasteiger partial charge in [-0.3, -0.25) is 14.2 Å². The lowest BCUT2D eigenvalue weighted by atomic mass is 10.0. The largest absolute Gasteiger partial charge is 0.501 e. The number of halogens is 1. The fraction of sp³-hybridized carbons (Fsp3) is 0.450. The highest BCUT2D eigenvalue weighted by Crippen LogP contribution is 2.25. The molecule has 1 atom stereocenters. The van der Waals surface area contributed by atoms with E-state index in [4.69, 9.17) is 4.74 Å². The number of aromatic hydroxyl groups is 1. The first-order valence-corrected chi connectivity index (χ1v) is 9.15. The number of aromatic nitrogens is 2. The standard InChI is InChI=1S/C20H24FN3O4/c1-12-9-13(6-7-14(12)21)10-22-18(26)16-17(25)19(27)24-11-20(2,28-3)8-4-5-15(24)23-16/h6-7,9,25H,4-5,8,10-11H2,1-3H3,(H,22,26)/t20-/m0/s1. The van der Waals surface area contributed by atoms with Crippen molar-refractivity contribution in [3.63, 3.8) is 0 Å². The number of methoxy groups -OCH3 is 1. The Balaban J connectivity index is 1.85. The van der Waals surface area contributed by atoms with Crippen LogP contribution in [0.2, 0.25) is 0 Å². The smallest absolute Gasteiger partial charge is 0.296 e. The molecular formula is C20H24FN3O4. The van der Waals surface area contributed by atoms with Gasteiger partial charge in [-0.25, -0.2) is 9.37 Å². The summed E-state index contributed by atoms with van der Waals surface area (Å²) in [7, 11) is 1.59. The topological polar surface area (TPSA) is 93.5 Å². The van der Waals surface area contributed by atoms with E-state index in [0.717, 1.165) is 12.8 Å². The number of amides is 1. The van der Waals surface area contributed by atoms with E-state index in [2.05, 4.69) is 10.3 Å².